The van der Waals surface area contributed by atoms with Crippen LogP contribution in [0.1, 0.15) is 172 Å². The van der Waals surface area contributed by atoms with Crippen molar-refractivity contribution in [2.24, 2.45) is 0 Å². The van der Waals surface area contributed by atoms with Crippen LogP contribution >= 0.6 is 45.3 Å². The third-order valence-electron chi connectivity index (χ3n) is 13.8. The molecule has 5 aromatic heterocycles. The summed E-state index contributed by atoms with van der Waals surface area (Å²) in [5.74, 6) is 0. The molecule has 0 amide bonds. The number of rotatable bonds is 24. The summed E-state index contributed by atoms with van der Waals surface area (Å²) in [6.45, 7) is 4.65. The molecule has 0 N–H and O–H groups in total. The number of nitrogens with zero attached hydrogens (tertiary/aromatic N) is 2. The molecule has 0 saturated heterocycles. The highest BCUT2D eigenvalue weighted by molar-refractivity contribution is 7.16. The van der Waals surface area contributed by atoms with Crippen LogP contribution in [0, 0.1) is 0 Å². The maximum Gasteiger partial charge on any atom is 0.738 e. The summed E-state index contributed by atoms with van der Waals surface area (Å²) in [6.07, 6.45) is 25.6. The SMILES string of the molecule is CCCCCCc1ccc(C2=[N+]3C(=Cc4c5ccc(-c6ccc(CCCCCC)s6)cc5c(-c5ccc(CCCCCC)s5)n4[B-]3(F)F)c3ccc(-c4ccc(CCCCCC)s4)cc32)s1. The van der Waals surface area contributed by atoms with Crippen LogP contribution in [0.25, 0.3) is 54.0 Å². The Morgan fingerprint density at radius 1 is 0.455 bits per heavy atom. The molecule has 7 heterocycles. The van der Waals surface area contributed by atoms with Crippen molar-refractivity contribution < 1.29 is 13.1 Å². The van der Waals surface area contributed by atoms with Crippen LogP contribution in [0.5, 0.6) is 0 Å². The third kappa shape index (κ3) is 9.84. The van der Waals surface area contributed by atoms with Crippen LogP contribution < -0.4 is 0 Å². The average Bonchev–Trinajstić information content (AvgIpc) is 4.20. The van der Waals surface area contributed by atoms with E-state index in [0.29, 0.717) is 22.8 Å². The van der Waals surface area contributed by atoms with Gasteiger partial charge in [-0.05, 0) is 129 Å². The predicted molar refractivity (Wildman–Crippen MR) is 289 cm³/mol. The van der Waals surface area contributed by atoms with E-state index in [1.807, 2.05) is 22.7 Å². The molecule has 66 heavy (non-hydrogen) atoms. The van der Waals surface area contributed by atoms with Gasteiger partial charge in [-0.25, -0.2) is 0 Å². The number of aryl methyl sites for hydroxylation is 4. The Morgan fingerprint density at radius 3 is 1.44 bits per heavy atom. The van der Waals surface area contributed by atoms with Crippen molar-refractivity contribution in [2.45, 2.75) is 156 Å². The lowest BCUT2D eigenvalue weighted by Gasteiger charge is -2.30. The van der Waals surface area contributed by atoms with Gasteiger partial charge in [0, 0.05) is 62.4 Å². The fourth-order valence-corrected chi connectivity index (χ4v) is 14.5. The molecule has 0 unspecified atom stereocenters. The Morgan fingerprint density at radius 2 is 0.909 bits per heavy atom. The van der Waals surface area contributed by atoms with E-state index in [9.17, 15) is 0 Å². The minimum atomic E-state index is -4.35. The van der Waals surface area contributed by atoms with Gasteiger partial charge in [0.1, 0.15) is 0 Å². The number of hydrogen-bond donors (Lipinski definition) is 0. The van der Waals surface area contributed by atoms with Crippen molar-refractivity contribution in [3.05, 3.63) is 126 Å². The molecule has 0 spiro atoms. The number of unbranched alkanes of at least 4 members (excludes halogenated alkanes) is 12. The number of hydrogen-bond acceptors (Lipinski definition) is 4. The van der Waals surface area contributed by atoms with Gasteiger partial charge in [0.05, 0.1) is 16.0 Å². The Labute approximate surface area is 409 Å². The molecule has 0 saturated carbocycles. The second kappa shape index (κ2) is 21.6. The maximum atomic E-state index is 18.7. The molecule has 0 fully saturated rings. The van der Waals surface area contributed by atoms with E-state index < -0.39 is 6.97 Å². The van der Waals surface area contributed by atoms with E-state index >= 15 is 8.63 Å². The van der Waals surface area contributed by atoms with E-state index in [1.54, 1.807) is 22.7 Å². The smallest absolute Gasteiger partial charge is 0.389 e. The lowest BCUT2D eigenvalue weighted by Crippen LogP contribution is -2.50. The molecule has 346 valence electrons. The fraction of sp³-hybridized carbons (Fsp3) is 0.421. The number of halogens is 2. The standard InChI is InChI=1S/C57H67BF2N2S4/c1-5-9-13-17-21-42-27-33-52(63-42)40-25-31-46-48(37-40)56(54-35-29-44(65-54)23-19-15-11-7-3)61-50(46)39-51-47-32-26-41(53-34-28-43(64-53)22-18-14-10-6-2)38-49(47)57(62(51)58(61,59)60)55-36-30-45(66-55)24-20-16-12-8-4/h25-39H,5-24H2,1-4H3. The first-order valence-corrected chi connectivity index (χ1v) is 28.7. The Bertz CT molecular complexity index is 2830. The van der Waals surface area contributed by atoms with Crippen LogP contribution in [-0.2, 0) is 25.7 Å². The van der Waals surface area contributed by atoms with E-state index in [1.165, 1.54) is 128 Å². The molecule has 2 nitrogen and oxygen atoms in total. The molecule has 0 radical (unpaired) electrons. The average molecular weight is 957 g/mol. The Hall–Kier alpha value is -3.89. The predicted octanol–water partition coefficient (Wildman–Crippen LogP) is 19.0. The van der Waals surface area contributed by atoms with Gasteiger partial charge in [-0.2, -0.15) is 0 Å². The summed E-state index contributed by atoms with van der Waals surface area (Å²) >= 11 is 7.12. The normalized spacial score (nSPS) is 14.1. The van der Waals surface area contributed by atoms with Gasteiger partial charge in [-0.1, -0.05) is 123 Å². The highest BCUT2D eigenvalue weighted by Gasteiger charge is 2.56. The minimum Gasteiger partial charge on any atom is -0.389 e. The lowest BCUT2D eigenvalue weighted by atomic mass is 9.89. The van der Waals surface area contributed by atoms with Gasteiger partial charge >= 0.3 is 6.97 Å². The van der Waals surface area contributed by atoms with E-state index in [2.05, 4.69) is 119 Å². The maximum absolute atomic E-state index is 18.7. The molecule has 9 rings (SSSR count). The van der Waals surface area contributed by atoms with Crippen LogP contribution in [0.3, 0.4) is 0 Å². The zero-order chi connectivity index (χ0) is 45.6. The van der Waals surface area contributed by atoms with Crippen molar-refractivity contribution in [3.8, 4) is 31.5 Å². The minimum absolute atomic E-state index is 0.605. The fourth-order valence-electron chi connectivity index (χ4n) is 10.2. The van der Waals surface area contributed by atoms with Crippen LogP contribution in [-0.4, -0.2) is 21.6 Å². The summed E-state index contributed by atoms with van der Waals surface area (Å²) in [4.78, 5) is 9.58. The molecule has 9 heteroatoms. The van der Waals surface area contributed by atoms with E-state index in [0.717, 1.165) is 81.3 Å². The number of benzene rings is 2. The zero-order valence-electron chi connectivity index (χ0n) is 39.7. The molecular weight excluding hydrogens is 890 g/mol. The van der Waals surface area contributed by atoms with Gasteiger partial charge in [-0.3, -0.25) is 0 Å². The first-order valence-electron chi connectivity index (χ1n) is 25.4. The first-order chi connectivity index (χ1) is 32.3. The van der Waals surface area contributed by atoms with E-state index in [4.69, 9.17) is 0 Å². The summed E-state index contributed by atoms with van der Waals surface area (Å²) in [5, 5.41) is 1.80. The van der Waals surface area contributed by atoms with Crippen LogP contribution in [0.2, 0.25) is 0 Å². The van der Waals surface area contributed by atoms with Gasteiger partial charge in [0.2, 0.25) is 0 Å². The van der Waals surface area contributed by atoms with Crippen molar-refractivity contribution in [3.63, 3.8) is 0 Å². The van der Waals surface area contributed by atoms with Crippen LogP contribution in [0.15, 0.2) is 84.9 Å². The van der Waals surface area contributed by atoms with Crippen molar-refractivity contribution in [2.75, 3.05) is 0 Å². The van der Waals surface area contributed by atoms with Gasteiger partial charge in [-0.15, -0.1) is 45.3 Å². The lowest BCUT2D eigenvalue weighted by molar-refractivity contribution is -0.316. The number of fused-ring (bicyclic) bond motifs is 6. The zero-order valence-corrected chi connectivity index (χ0v) is 42.9. The summed E-state index contributed by atoms with van der Waals surface area (Å²) in [7, 11) is 0. The third-order valence-corrected chi connectivity index (χ3v) is 18.5. The topological polar surface area (TPSA) is 7.94 Å². The molecule has 7 aromatic rings. The molecule has 0 aliphatic carbocycles. The molecule has 0 bridgehead atoms. The van der Waals surface area contributed by atoms with Gasteiger partial charge in [0.15, 0.2) is 11.4 Å². The molecule has 2 aromatic carbocycles. The van der Waals surface area contributed by atoms with Crippen molar-refractivity contribution in [1.29, 1.82) is 0 Å². The summed E-state index contributed by atoms with van der Waals surface area (Å²) < 4.78 is 40.4. The summed E-state index contributed by atoms with van der Waals surface area (Å²) in [6, 6.07) is 30.7. The highest BCUT2D eigenvalue weighted by Crippen LogP contribution is 2.49. The number of thiophene rings is 4. The molecule has 0 atom stereocenters. The highest BCUT2D eigenvalue weighted by atomic mass is 32.1. The second-order valence-corrected chi connectivity index (χ2v) is 23.4. The van der Waals surface area contributed by atoms with Crippen molar-refractivity contribution >= 4 is 80.6 Å². The molecule has 2 aliphatic rings. The Kier molecular flexibility index (Phi) is 15.4. The van der Waals surface area contributed by atoms with E-state index in [-0.39, 0.29) is 0 Å². The summed E-state index contributed by atoms with van der Waals surface area (Å²) in [5.41, 5.74) is 6.50. The number of aromatic nitrogens is 1. The van der Waals surface area contributed by atoms with Gasteiger partial charge in [0.25, 0.3) is 0 Å². The second-order valence-electron chi connectivity index (χ2n) is 18.8. The molecular formula is C57H67BF2N2S4. The van der Waals surface area contributed by atoms with Gasteiger partial charge < -0.3 is 17.6 Å². The molecule has 2 aliphatic heterocycles. The monoisotopic (exact) mass is 956 g/mol. The Balaban J connectivity index is 1.18. The van der Waals surface area contributed by atoms with Crippen LogP contribution in [0.4, 0.5) is 8.63 Å². The first kappa shape index (κ1) is 47.2. The quantitative estimate of drug-likeness (QED) is 0.0421. The van der Waals surface area contributed by atoms with Crippen molar-refractivity contribution in [1.82, 2.24) is 4.48 Å². The largest absolute Gasteiger partial charge is 0.738 e.